The second kappa shape index (κ2) is 11.0. The number of hydrogen-bond acceptors (Lipinski definition) is 5. The Hall–Kier alpha value is -2.94. The highest BCUT2D eigenvalue weighted by Crippen LogP contribution is 2.09. The Kier molecular flexibility index (Phi) is 9.10. The molecule has 0 saturated heterocycles. The Balaban J connectivity index is 2.82. The maximum atomic E-state index is 12.4. The van der Waals surface area contributed by atoms with E-state index >= 15 is 0 Å². The van der Waals surface area contributed by atoms with Gasteiger partial charge >= 0.3 is 11.9 Å². The first-order valence-electron chi connectivity index (χ1n) is 9.00. The van der Waals surface area contributed by atoms with Crippen LogP contribution >= 0.6 is 0 Å². The number of carboxylic acids is 2. The van der Waals surface area contributed by atoms with E-state index in [1.165, 1.54) is 0 Å². The van der Waals surface area contributed by atoms with Gasteiger partial charge in [-0.05, 0) is 17.9 Å². The van der Waals surface area contributed by atoms with Gasteiger partial charge in [0.05, 0.1) is 12.5 Å². The van der Waals surface area contributed by atoms with Crippen LogP contribution in [0.4, 0.5) is 0 Å². The van der Waals surface area contributed by atoms with Crippen molar-refractivity contribution in [3.05, 3.63) is 35.9 Å². The lowest BCUT2D eigenvalue weighted by molar-refractivity contribution is -0.144. The van der Waals surface area contributed by atoms with E-state index in [1.807, 2.05) is 6.07 Å². The Labute approximate surface area is 163 Å². The van der Waals surface area contributed by atoms with Crippen molar-refractivity contribution in [1.29, 1.82) is 0 Å². The fraction of sp³-hybridized carbons (Fsp3) is 0.474. The summed E-state index contributed by atoms with van der Waals surface area (Å²) in [5.74, 6) is -4.49. The smallest absolute Gasteiger partial charge is 0.326 e. The number of carbonyl (C=O) groups is 4. The minimum absolute atomic E-state index is 0.207. The van der Waals surface area contributed by atoms with Crippen molar-refractivity contribution in [3.63, 3.8) is 0 Å². The molecule has 1 rings (SSSR count). The summed E-state index contributed by atoms with van der Waals surface area (Å²) in [5.41, 5.74) is 6.67. The van der Waals surface area contributed by atoms with Crippen molar-refractivity contribution in [2.24, 2.45) is 11.7 Å². The van der Waals surface area contributed by atoms with Gasteiger partial charge in [0.1, 0.15) is 12.1 Å². The van der Waals surface area contributed by atoms with Crippen LogP contribution in [0.5, 0.6) is 0 Å². The lowest BCUT2D eigenvalue weighted by Gasteiger charge is -2.24. The fourth-order valence-corrected chi connectivity index (χ4v) is 2.56. The molecule has 0 bridgehead atoms. The normalized spacial score (nSPS) is 15.0. The summed E-state index contributed by atoms with van der Waals surface area (Å²) in [7, 11) is 0. The van der Waals surface area contributed by atoms with Gasteiger partial charge in [-0.3, -0.25) is 14.4 Å². The molecule has 0 aliphatic rings. The Bertz CT molecular complexity index is 694. The van der Waals surface area contributed by atoms with Gasteiger partial charge in [-0.15, -0.1) is 0 Å². The molecule has 4 atom stereocenters. The minimum Gasteiger partial charge on any atom is -0.481 e. The highest BCUT2D eigenvalue weighted by Gasteiger charge is 2.31. The molecule has 1 aromatic carbocycles. The van der Waals surface area contributed by atoms with Crippen LogP contribution in [0.1, 0.15) is 32.3 Å². The number of carboxylic acid groups (broad SMARTS) is 2. The molecule has 6 N–H and O–H groups in total. The van der Waals surface area contributed by atoms with Crippen LogP contribution in [0.3, 0.4) is 0 Å². The number of benzene rings is 1. The molecule has 0 aromatic heterocycles. The molecule has 0 saturated carbocycles. The molecule has 154 valence electrons. The summed E-state index contributed by atoms with van der Waals surface area (Å²) in [6.45, 7) is 3.42. The lowest BCUT2D eigenvalue weighted by Crippen LogP contribution is -2.56. The average molecular weight is 393 g/mol. The molecule has 0 fully saturated rings. The van der Waals surface area contributed by atoms with Gasteiger partial charge in [0.2, 0.25) is 11.8 Å². The van der Waals surface area contributed by atoms with Crippen LogP contribution in [0.15, 0.2) is 30.3 Å². The highest BCUT2D eigenvalue weighted by atomic mass is 16.4. The first kappa shape index (κ1) is 23.1. The van der Waals surface area contributed by atoms with E-state index in [0.29, 0.717) is 6.42 Å². The highest BCUT2D eigenvalue weighted by molar-refractivity contribution is 5.94. The van der Waals surface area contributed by atoms with Crippen molar-refractivity contribution in [1.82, 2.24) is 10.6 Å². The van der Waals surface area contributed by atoms with Crippen molar-refractivity contribution < 1.29 is 29.4 Å². The van der Waals surface area contributed by atoms with Crippen molar-refractivity contribution in [3.8, 4) is 0 Å². The summed E-state index contributed by atoms with van der Waals surface area (Å²) in [6, 6.07) is 5.37. The molecular formula is C19H27N3O6. The topological polar surface area (TPSA) is 159 Å². The van der Waals surface area contributed by atoms with E-state index in [2.05, 4.69) is 10.6 Å². The van der Waals surface area contributed by atoms with Crippen LogP contribution in [-0.4, -0.2) is 52.1 Å². The molecule has 9 nitrogen and oxygen atoms in total. The monoisotopic (exact) mass is 393 g/mol. The molecule has 0 radical (unpaired) electrons. The van der Waals surface area contributed by atoms with Crippen molar-refractivity contribution in [2.75, 3.05) is 0 Å². The van der Waals surface area contributed by atoms with Gasteiger partial charge in [0, 0.05) is 0 Å². The van der Waals surface area contributed by atoms with Gasteiger partial charge < -0.3 is 26.6 Å². The predicted octanol–water partition coefficient (Wildman–Crippen LogP) is 0.131. The molecular weight excluding hydrogens is 366 g/mol. The number of amides is 2. The second-order valence-electron chi connectivity index (χ2n) is 6.67. The quantitative estimate of drug-likeness (QED) is 0.357. The molecule has 0 spiro atoms. The summed E-state index contributed by atoms with van der Waals surface area (Å²) in [5, 5.41) is 23.0. The van der Waals surface area contributed by atoms with Crippen LogP contribution < -0.4 is 16.4 Å². The molecule has 0 heterocycles. The lowest BCUT2D eigenvalue weighted by atomic mass is 9.98. The fourth-order valence-electron chi connectivity index (χ4n) is 2.56. The summed E-state index contributed by atoms with van der Waals surface area (Å²) < 4.78 is 0. The van der Waals surface area contributed by atoms with Crippen molar-refractivity contribution in [2.45, 2.75) is 51.2 Å². The predicted molar refractivity (Wildman–Crippen MR) is 101 cm³/mol. The Morgan fingerprint density at radius 2 is 1.64 bits per heavy atom. The van der Waals surface area contributed by atoms with E-state index in [9.17, 15) is 24.3 Å². The second-order valence-corrected chi connectivity index (χ2v) is 6.67. The van der Waals surface area contributed by atoms with E-state index in [1.54, 1.807) is 38.1 Å². The first-order valence-corrected chi connectivity index (χ1v) is 9.00. The molecule has 9 heteroatoms. The maximum absolute atomic E-state index is 12.4. The SMILES string of the molecule is CCC(C)C(NC(=O)C(CC(=O)O)NC(=O)C(N)Cc1ccccc1)C(=O)O. The summed E-state index contributed by atoms with van der Waals surface area (Å²) in [4.78, 5) is 47.2. The average Bonchev–Trinajstić information content (AvgIpc) is 2.64. The minimum atomic E-state index is -1.43. The molecule has 0 aliphatic heterocycles. The standard InChI is InChI=1S/C19H27N3O6/c1-3-11(2)16(19(27)28)22-18(26)14(10-15(23)24)21-17(25)13(20)9-12-7-5-4-6-8-12/h4-8,11,13-14,16H,3,9-10,20H2,1-2H3,(H,21,25)(H,22,26)(H,23,24)(H,27,28). The zero-order chi connectivity index (χ0) is 21.3. The Morgan fingerprint density at radius 3 is 2.14 bits per heavy atom. The van der Waals surface area contributed by atoms with E-state index in [4.69, 9.17) is 10.8 Å². The van der Waals surface area contributed by atoms with E-state index in [0.717, 1.165) is 5.56 Å². The summed E-state index contributed by atoms with van der Waals surface area (Å²) >= 11 is 0. The van der Waals surface area contributed by atoms with E-state index in [-0.39, 0.29) is 12.3 Å². The number of rotatable bonds is 11. The van der Waals surface area contributed by atoms with Gasteiger partial charge in [-0.1, -0.05) is 50.6 Å². The molecule has 28 heavy (non-hydrogen) atoms. The number of hydrogen-bond donors (Lipinski definition) is 5. The third-order valence-corrected chi connectivity index (χ3v) is 4.42. The number of aliphatic carboxylic acids is 2. The van der Waals surface area contributed by atoms with Crippen LogP contribution in [-0.2, 0) is 25.6 Å². The number of nitrogens with one attached hydrogen (secondary N) is 2. The maximum Gasteiger partial charge on any atom is 0.326 e. The molecule has 1 aromatic rings. The third-order valence-electron chi connectivity index (χ3n) is 4.42. The van der Waals surface area contributed by atoms with Crippen LogP contribution in [0.2, 0.25) is 0 Å². The molecule has 2 amide bonds. The van der Waals surface area contributed by atoms with Crippen molar-refractivity contribution >= 4 is 23.8 Å². The van der Waals surface area contributed by atoms with Gasteiger partial charge in [-0.2, -0.15) is 0 Å². The van der Waals surface area contributed by atoms with Gasteiger partial charge in [0.25, 0.3) is 0 Å². The largest absolute Gasteiger partial charge is 0.481 e. The van der Waals surface area contributed by atoms with Gasteiger partial charge in [0.15, 0.2) is 0 Å². The third kappa shape index (κ3) is 7.36. The van der Waals surface area contributed by atoms with Crippen LogP contribution in [0, 0.1) is 5.92 Å². The molecule has 0 aliphatic carbocycles. The number of nitrogens with two attached hydrogens (primary N) is 1. The van der Waals surface area contributed by atoms with Crippen LogP contribution in [0.25, 0.3) is 0 Å². The van der Waals surface area contributed by atoms with Gasteiger partial charge in [-0.25, -0.2) is 4.79 Å². The first-order chi connectivity index (χ1) is 13.1. The Morgan fingerprint density at radius 1 is 1.04 bits per heavy atom. The molecule has 4 unspecified atom stereocenters. The van der Waals surface area contributed by atoms with E-state index < -0.39 is 48.3 Å². The zero-order valence-corrected chi connectivity index (χ0v) is 15.9. The summed E-state index contributed by atoms with van der Waals surface area (Å²) in [6.07, 6.45) is 0.0102. The zero-order valence-electron chi connectivity index (χ0n) is 15.9. The number of carbonyl (C=O) groups excluding carboxylic acids is 2.